The largest absolute Gasteiger partial charge is 0.367 e. The molecule has 0 N–H and O–H groups in total. The quantitative estimate of drug-likeness (QED) is 0.764. The van der Waals surface area contributed by atoms with Crippen LogP contribution < -0.4 is 4.90 Å². The van der Waals surface area contributed by atoms with Gasteiger partial charge in [-0.25, -0.2) is 0 Å². The van der Waals surface area contributed by atoms with Crippen molar-refractivity contribution in [2.24, 2.45) is 0 Å². The topological polar surface area (TPSA) is 3.24 Å². The van der Waals surface area contributed by atoms with Crippen LogP contribution in [0.1, 0.15) is 23.1 Å². The number of benzene rings is 2. The maximum absolute atomic E-state index is 2.52. The zero-order valence-electron chi connectivity index (χ0n) is 10.9. The van der Waals surface area contributed by atoms with E-state index in [4.69, 9.17) is 0 Å². The molecule has 0 spiro atoms. The molecule has 0 radical (unpaired) electrons. The molecular formula is C17H19N. The average molecular weight is 237 g/mol. The number of rotatable bonds is 2. The zero-order valence-corrected chi connectivity index (χ0v) is 10.9. The molecule has 1 aliphatic heterocycles. The van der Waals surface area contributed by atoms with E-state index < -0.39 is 0 Å². The van der Waals surface area contributed by atoms with Crippen molar-refractivity contribution in [3.63, 3.8) is 0 Å². The fraction of sp³-hybridized carbons (Fsp3) is 0.294. The van der Waals surface area contributed by atoms with Crippen molar-refractivity contribution >= 4 is 5.69 Å². The van der Waals surface area contributed by atoms with Crippen molar-refractivity contribution < 1.29 is 0 Å². The van der Waals surface area contributed by atoms with Crippen molar-refractivity contribution in [1.29, 1.82) is 0 Å². The lowest BCUT2D eigenvalue weighted by atomic mass is 9.99. The number of aryl methyl sites for hydroxylation is 2. The third-order valence-corrected chi connectivity index (χ3v) is 3.67. The molecule has 2 aromatic carbocycles. The Hall–Kier alpha value is -1.76. The summed E-state index contributed by atoms with van der Waals surface area (Å²) in [5.41, 5.74) is 5.69. The van der Waals surface area contributed by atoms with Gasteiger partial charge < -0.3 is 4.90 Å². The summed E-state index contributed by atoms with van der Waals surface area (Å²) in [6, 6.07) is 17.6. The van der Waals surface area contributed by atoms with E-state index in [1.807, 2.05) is 0 Å². The van der Waals surface area contributed by atoms with Gasteiger partial charge in [-0.3, -0.25) is 0 Å². The standard InChI is InChI=1S/C17H19N/c1-14-9-10-16-8-5-11-18(17(16)12-14)13-15-6-3-2-4-7-15/h2-4,6-7,9-10,12H,5,8,11,13H2,1H3. The smallest absolute Gasteiger partial charge is 0.0429 e. The summed E-state index contributed by atoms with van der Waals surface area (Å²) < 4.78 is 0. The summed E-state index contributed by atoms with van der Waals surface area (Å²) in [5.74, 6) is 0. The number of anilines is 1. The predicted octanol–water partition coefficient (Wildman–Crippen LogP) is 3.95. The van der Waals surface area contributed by atoms with Gasteiger partial charge in [0, 0.05) is 18.8 Å². The Morgan fingerprint density at radius 2 is 1.89 bits per heavy atom. The van der Waals surface area contributed by atoms with Gasteiger partial charge in [0.2, 0.25) is 0 Å². The lowest BCUT2D eigenvalue weighted by molar-refractivity contribution is 0.691. The van der Waals surface area contributed by atoms with E-state index in [9.17, 15) is 0 Å². The van der Waals surface area contributed by atoms with Gasteiger partial charge in [-0.2, -0.15) is 0 Å². The van der Waals surface area contributed by atoms with Gasteiger partial charge in [-0.15, -0.1) is 0 Å². The second kappa shape index (κ2) is 4.85. The first kappa shape index (κ1) is 11.3. The number of hydrogen-bond acceptors (Lipinski definition) is 1. The zero-order chi connectivity index (χ0) is 12.4. The molecule has 0 aromatic heterocycles. The van der Waals surface area contributed by atoms with Crippen LogP contribution in [-0.4, -0.2) is 6.54 Å². The number of nitrogens with zero attached hydrogens (tertiary/aromatic N) is 1. The first-order valence-electron chi connectivity index (χ1n) is 6.71. The summed E-state index contributed by atoms with van der Waals surface area (Å²) in [6.07, 6.45) is 2.49. The van der Waals surface area contributed by atoms with Gasteiger partial charge in [-0.05, 0) is 42.5 Å². The van der Waals surface area contributed by atoms with Crippen LogP contribution in [-0.2, 0) is 13.0 Å². The fourth-order valence-electron chi connectivity index (χ4n) is 2.73. The normalized spacial score (nSPS) is 14.4. The van der Waals surface area contributed by atoms with Crippen molar-refractivity contribution in [1.82, 2.24) is 0 Å². The minimum atomic E-state index is 1.03. The van der Waals surface area contributed by atoms with Crippen LogP contribution in [0.5, 0.6) is 0 Å². The monoisotopic (exact) mass is 237 g/mol. The maximum Gasteiger partial charge on any atom is 0.0429 e. The first-order chi connectivity index (χ1) is 8.83. The first-order valence-corrected chi connectivity index (χ1v) is 6.71. The summed E-state index contributed by atoms with van der Waals surface area (Å²) in [6.45, 7) is 4.37. The molecule has 18 heavy (non-hydrogen) atoms. The molecule has 1 aliphatic rings. The molecule has 0 unspecified atom stereocenters. The molecule has 1 heteroatoms. The van der Waals surface area contributed by atoms with Gasteiger partial charge in [0.05, 0.1) is 0 Å². The lowest BCUT2D eigenvalue weighted by Gasteiger charge is -2.31. The van der Waals surface area contributed by atoms with Gasteiger partial charge in [0.1, 0.15) is 0 Å². The van der Waals surface area contributed by atoms with Crippen LogP contribution in [0.2, 0.25) is 0 Å². The summed E-state index contributed by atoms with van der Waals surface area (Å²) >= 11 is 0. The molecule has 1 nitrogen and oxygen atoms in total. The molecule has 3 rings (SSSR count). The maximum atomic E-state index is 2.52. The molecule has 0 amide bonds. The summed E-state index contributed by atoms with van der Waals surface area (Å²) in [4.78, 5) is 2.52. The second-order valence-corrected chi connectivity index (χ2v) is 5.14. The van der Waals surface area contributed by atoms with Crippen molar-refractivity contribution in [3.8, 4) is 0 Å². The molecule has 1 heterocycles. The molecule has 0 bridgehead atoms. The Labute approximate surface area is 109 Å². The highest BCUT2D eigenvalue weighted by Crippen LogP contribution is 2.29. The molecule has 0 aliphatic carbocycles. The highest BCUT2D eigenvalue weighted by molar-refractivity contribution is 5.57. The molecule has 2 aromatic rings. The second-order valence-electron chi connectivity index (χ2n) is 5.14. The molecule has 92 valence electrons. The average Bonchev–Trinajstić information content (AvgIpc) is 2.41. The van der Waals surface area contributed by atoms with E-state index in [2.05, 4.69) is 60.4 Å². The van der Waals surface area contributed by atoms with Crippen LogP contribution in [0.4, 0.5) is 5.69 Å². The van der Waals surface area contributed by atoms with Crippen LogP contribution in [0.15, 0.2) is 48.5 Å². The highest BCUT2D eigenvalue weighted by Gasteiger charge is 2.16. The number of fused-ring (bicyclic) bond motifs is 1. The third-order valence-electron chi connectivity index (χ3n) is 3.67. The minimum Gasteiger partial charge on any atom is -0.367 e. The van der Waals surface area contributed by atoms with Gasteiger partial charge in [-0.1, -0.05) is 42.5 Å². The lowest BCUT2D eigenvalue weighted by Crippen LogP contribution is -2.28. The van der Waals surface area contributed by atoms with Crippen LogP contribution in [0.3, 0.4) is 0 Å². The molecule has 0 saturated heterocycles. The van der Waals surface area contributed by atoms with Crippen molar-refractivity contribution in [2.45, 2.75) is 26.3 Å². The molecule has 0 atom stereocenters. The van der Waals surface area contributed by atoms with E-state index >= 15 is 0 Å². The number of hydrogen-bond donors (Lipinski definition) is 0. The van der Waals surface area contributed by atoms with Crippen molar-refractivity contribution in [2.75, 3.05) is 11.4 Å². The van der Waals surface area contributed by atoms with Crippen LogP contribution >= 0.6 is 0 Å². The third kappa shape index (κ3) is 2.26. The Kier molecular flexibility index (Phi) is 3.06. The summed E-state index contributed by atoms with van der Waals surface area (Å²) in [5, 5.41) is 0. The predicted molar refractivity (Wildman–Crippen MR) is 77.0 cm³/mol. The fourth-order valence-corrected chi connectivity index (χ4v) is 2.73. The molecule has 0 fully saturated rings. The minimum absolute atomic E-state index is 1.03. The molecule has 0 saturated carbocycles. The highest BCUT2D eigenvalue weighted by atomic mass is 15.1. The van der Waals surface area contributed by atoms with E-state index in [1.54, 1.807) is 0 Å². The van der Waals surface area contributed by atoms with Gasteiger partial charge in [0.15, 0.2) is 0 Å². The Balaban J connectivity index is 1.89. The Bertz CT molecular complexity index is 531. The van der Waals surface area contributed by atoms with Gasteiger partial charge in [0.25, 0.3) is 0 Å². The van der Waals surface area contributed by atoms with Crippen LogP contribution in [0, 0.1) is 6.92 Å². The van der Waals surface area contributed by atoms with E-state index in [1.165, 1.54) is 41.8 Å². The van der Waals surface area contributed by atoms with Crippen LogP contribution in [0.25, 0.3) is 0 Å². The van der Waals surface area contributed by atoms with Crippen molar-refractivity contribution in [3.05, 3.63) is 65.2 Å². The van der Waals surface area contributed by atoms with Gasteiger partial charge >= 0.3 is 0 Å². The van der Waals surface area contributed by atoms with E-state index in [0.29, 0.717) is 0 Å². The van der Waals surface area contributed by atoms with E-state index in [-0.39, 0.29) is 0 Å². The SMILES string of the molecule is Cc1ccc2c(c1)N(Cc1ccccc1)CCC2. The Morgan fingerprint density at radius 1 is 1.06 bits per heavy atom. The Morgan fingerprint density at radius 3 is 2.72 bits per heavy atom. The summed E-state index contributed by atoms with van der Waals surface area (Å²) in [7, 11) is 0. The molecular weight excluding hydrogens is 218 g/mol. The van der Waals surface area contributed by atoms with E-state index in [0.717, 1.165) is 6.54 Å².